The lowest BCUT2D eigenvalue weighted by atomic mass is 10.00. The summed E-state index contributed by atoms with van der Waals surface area (Å²) in [4.78, 5) is 13.0. The summed E-state index contributed by atoms with van der Waals surface area (Å²) in [6, 6.07) is 12.5. The van der Waals surface area contributed by atoms with Crippen molar-refractivity contribution in [2.45, 2.75) is 29.2 Å². The van der Waals surface area contributed by atoms with Gasteiger partial charge in [-0.1, -0.05) is 30.3 Å². The molecule has 2 aliphatic heterocycles. The van der Waals surface area contributed by atoms with Crippen molar-refractivity contribution in [2.24, 2.45) is 0 Å². The molecular formula is C18H14N2O3S. The van der Waals surface area contributed by atoms with Crippen LogP contribution in [0, 0.1) is 0 Å². The molecule has 0 aliphatic carbocycles. The number of fused-ring (bicyclic) bond motifs is 3. The van der Waals surface area contributed by atoms with Gasteiger partial charge in [0.05, 0.1) is 21.8 Å². The second-order valence-electron chi connectivity index (χ2n) is 6.20. The molecule has 5 nitrogen and oxygen atoms in total. The van der Waals surface area contributed by atoms with Crippen molar-refractivity contribution in [3.8, 4) is 0 Å². The van der Waals surface area contributed by atoms with E-state index < -0.39 is 15.4 Å². The van der Waals surface area contributed by atoms with Gasteiger partial charge in [0, 0.05) is 11.9 Å². The standard InChI is InChI=1S/C18H14N2O3S/c21-18-17-15(19-13-8-1-2-9-14(13)24(17,22)23)12-7-3-5-11-6-4-10-20(18)16(11)12/h1-3,5,7-9,19H,4,6,10H2. The Labute approximate surface area is 138 Å². The molecule has 5 rings (SSSR count). The third-order valence-electron chi connectivity index (χ3n) is 4.86. The van der Waals surface area contributed by atoms with Crippen molar-refractivity contribution in [2.75, 3.05) is 5.32 Å². The molecule has 2 aliphatic rings. The van der Waals surface area contributed by atoms with Crippen molar-refractivity contribution in [3.05, 3.63) is 58.4 Å². The van der Waals surface area contributed by atoms with Gasteiger partial charge in [-0.25, -0.2) is 8.42 Å². The van der Waals surface area contributed by atoms with Gasteiger partial charge in [-0.3, -0.25) is 4.79 Å². The molecule has 3 heterocycles. The van der Waals surface area contributed by atoms with Crippen LogP contribution in [0.1, 0.15) is 12.0 Å². The Hall–Kier alpha value is -2.60. The maximum absolute atomic E-state index is 13.1. The van der Waals surface area contributed by atoms with E-state index in [0.29, 0.717) is 17.9 Å². The average Bonchev–Trinajstić information content (AvgIpc) is 2.59. The number of hydrogen-bond donors (Lipinski definition) is 1. The predicted octanol–water partition coefficient (Wildman–Crippen LogP) is 2.84. The highest BCUT2D eigenvalue weighted by atomic mass is 32.2. The molecule has 120 valence electrons. The third-order valence-corrected chi connectivity index (χ3v) is 6.71. The summed E-state index contributed by atoms with van der Waals surface area (Å²) in [6.07, 6.45) is 1.74. The number of nitrogens with zero attached hydrogens (tertiary/aromatic N) is 1. The summed E-state index contributed by atoms with van der Waals surface area (Å²) in [5.41, 5.74) is 2.46. The van der Waals surface area contributed by atoms with E-state index in [4.69, 9.17) is 0 Å². The van der Waals surface area contributed by atoms with Crippen LogP contribution in [0.3, 0.4) is 0 Å². The Morgan fingerprint density at radius 3 is 2.75 bits per heavy atom. The van der Waals surface area contributed by atoms with Crippen LogP contribution < -0.4 is 10.9 Å². The first kappa shape index (κ1) is 13.8. The quantitative estimate of drug-likeness (QED) is 0.535. The molecule has 6 heteroatoms. The highest BCUT2D eigenvalue weighted by Gasteiger charge is 2.35. The number of rotatable bonds is 0. The topological polar surface area (TPSA) is 68.2 Å². The fraction of sp³-hybridized carbons (Fsp3) is 0.167. The molecule has 0 spiro atoms. The number of para-hydroxylation sites is 2. The highest BCUT2D eigenvalue weighted by Crippen LogP contribution is 2.42. The van der Waals surface area contributed by atoms with E-state index in [1.807, 2.05) is 18.2 Å². The van der Waals surface area contributed by atoms with Crippen molar-refractivity contribution in [3.63, 3.8) is 0 Å². The normalized spacial score (nSPS) is 17.0. The molecule has 1 N–H and O–H groups in total. The molecule has 0 atom stereocenters. The second kappa shape index (κ2) is 4.48. The number of sulfone groups is 1. The Morgan fingerprint density at radius 2 is 1.88 bits per heavy atom. The molecule has 1 aromatic heterocycles. The lowest BCUT2D eigenvalue weighted by molar-refractivity contribution is 0.582. The monoisotopic (exact) mass is 338 g/mol. The summed E-state index contributed by atoms with van der Waals surface area (Å²) < 4.78 is 27.8. The zero-order valence-corrected chi connectivity index (χ0v) is 13.6. The Kier molecular flexibility index (Phi) is 2.58. The number of aromatic nitrogens is 1. The van der Waals surface area contributed by atoms with Gasteiger partial charge in [0.1, 0.15) is 0 Å². The van der Waals surface area contributed by atoms with Crippen molar-refractivity contribution < 1.29 is 8.42 Å². The van der Waals surface area contributed by atoms with E-state index in [1.54, 1.807) is 22.8 Å². The van der Waals surface area contributed by atoms with Crippen LogP contribution in [0.2, 0.25) is 0 Å². The largest absolute Gasteiger partial charge is 0.353 e. The molecule has 0 saturated heterocycles. The van der Waals surface area contributed by atoms with E-state index in [1.165, 1.54) is 6.07 Å². The minimum Gasteiger partial charge on any atom is -0.353 e. The van der Waals surface area contributed by atoms with Crippen LogP contribution in [0.25, 0.3) is 10.9 Å². The SMILES string of the molecule is O=c1c2c(c3cccc4c3n1CCC4)Nc1ccccc1S2(=O)=O. The van der Waals surface area contributed by atoms with Crippen LogP contribution in [-0.4, -0.2) is 13.0 Å². The van der Waals surface area contributed by atoms with Crippen LogP contribution >= 0.6 is 0 Å². The predicted molar refractivity (Wildman–Crippen MR) is 91.7 cm³/mol. The fourth-order valence-electron chi connectivity index (χ4n) is 3.83. The average molecular weight is 338 g/mol. The van der Waals surface area contributed by atoms with Gasteiger partial charge >= 0.3 is 0 Å². The first-order valence-corrected chi connectivity index (χ1v) is 9.37. The highest BCUT2D eigenvalue weighted by molar-refractivity contribution is 7.92. The van der Waals surface area contributed by atoms with Crippen molar-refractivity contribution in [1.29, 1.82) is 0 Å². The van der Waals surface area contributed by atoms with Gasteiger partial charge in [-0.05, 0) is 30.5 Å². The molecule has 0 fully saturated rings. The summed E-state index contributed by atoms with van der Waals surface area (Å²) in [7, 11) is -3.84. The molecule has 0 saturated carbocycles. The van der Waals surface area contributed by atoms with Gasteiger partial charge < -0.3 is 9.88 Å². The lowest BCUT2D eigenvalue weighted by Crippen LogP contribution is -2.32. The van der Waals surface area contributed by atoms with E-state index in [0.717, 1.165) is 29.3 Å². The first-order valence-electron chi connectivity index (χ1n) is 7.88. The summed E-state index contributed by atoms with van der Waals surface area (Å²) >= 11 is 0. The van der Waals surface area contributed by atoms with Gasteiger partial charge in [-0.2, -0.15) is 0 Å². The number of hydrogen-bond acceptors (Lipinski definition) is 4. The molecule has 0 bridgehead atoms. The number of anilines is 2. The Morgan fingerprint density at radius 1 is 1.04 bits per heavy atom. The van der Waals surface area contributed by atoms with Gasteiger partial charge in [0.2, 0.25) is 9.84 Å². The van der Waals surface area contributed by atoms with Gasteiger partial charge in [0.25, 0.3) is 5.56 Å². The first-order chi connectivity index (χ1) is 11.6. The molecular weight excluding hydrogens is 324 g/mol. The van der Waals surface area contributed by atoms with Gasteiger partial charge in [-0.15, -0.1) is 0 Å². The number of benzene rings is 2. The van der Waals surface area contributed by atoms with Crippen molar-refractivity contribution in [1.82, 2.24) is 4.57 Å². The lowest BCUT2D eigenvalue weighted by Gasteiger charge is -2.27. The molecule has 24 heavy (non-hydrogen) atoms. The maximum Gasteiger partial charge on any atom is 0.272 e. The smallest absolute Gasteiger partial charge is 0.272 e. The maximum atomic E-state index is 13.1. The van der Waals surface area contributed by atoms with Gasteiger partial charge in [0.15, 0.2) is 4.90 Å². The molecule has 0 radical (unpaired) electrons. The van der Waals surface area contributed by atoms with Crippen LogP contribution in [0.5, 0.6) is 0 Å². The van der Waals surface area contributed by atoms with Crippen LogP contribution in [0.4, 0.5) is 11.4 Å². The number of nitrogens with one attached hydrogen (secondary N) is 1. The Bertz CT molecular complexity index is 1190. The molecule has 2 aromatic carbocycles. The number of pyridine rings is 1. The zero-order chi connectivity index (χ0) is 16.5. The Balaban J connectivity index is 2.01. The minimum absolute atomic E-state index is 0.132. The summed E-state index contributed by atoms with van der Waals surface area (Å²) in [5.74, 6) is 0. The summed E-state index contributed by atoms with van der Waals surface area (Å²) in [5, 5.41) is 3.98. The van der Waals surface area contributed by atoms with Crippen LogP contribution in [0.15, 0.2) is 57.1 Å². The van der Waals surface area contributed by atoms with E-state index in [9.17, 15) is 13.2 Å². The van der Waals surface area contributed by atoms with E-state index in [-0.39, 0.29) is 9.79 Å². The molecule has 3 aromatic rings. The summed E-state index contributed by atoms with van der Waals surface area (Å²) in [6.45, 7) is 0.552. The van der Waals surface area contributed by atoms with Crippen molar-refractivity contribution >= 4 is 32.1 Å². The van der Waals surface area contributed by atoms with E-state index >= 15 is 0 Å². The molecule has 0 amide bonds. The molecule has 0 unspecified atom stereocenters. The van der Waals surface area contributed by atoms with E-state index in [2.05, 4.69) is 5.32 Å². The zero-order valence-electron chi connectivity index (χ0n) is 12.7. The second-order valence-corrected chi connectivity index (χ2v) is 8.06. The third kappa shape index (κ3) is 1.58. The fourth-order valence-corrected chi connectivity index (χ4v) is 5.49. The minimum atomic E-state index is -3.84. The number of aryl methyl sites for hydroxylation is 2. The van der Waals surface area contributed by atoms with Crippen LogP contribution in [-0.2, 0) is 22.8 Å².